The molecule has 1 aromatic carbocycles. The lowest BCUT2D eigenvalue weighted by Crippen LogP contribution is -2.03. The maximum absolute atomic E-state index is 10.2. The number of rotatable bonds is 3. The molecule has 0 fully saturated rings. The lowest BCUT2D eigenvalue weighted by atomic mass is 10.3. The maximum Gasteiger partial charge on any atom is 0.511 e. The fraction of sp³-hybridized carbons (Fsp3) is 0.222. The van der Waals surface area contributed by atoms with Crippen LogP contribution in [0.5, 0.6) is 17.2 Å². The molecular weight excluding hydrogens is 188 g/mol. The molecule has 76 valence electrons. The van der Waals surface area contributed by atoms with Crippen molar-refractivity contribution in [2.75, 3.05) is 14.2 Å². The van der Waals surface area contributed by atoms with E-state index in [1.165, 1.54) is 26.4 Å². The van der Waals surface area contributed by atoms with Crippen molar-refractivity contribution in [3.63, 3.8) is 0 Å². The van der Waals surface area contributed by atoms with E-state index < -0.39 is 6.16 Å². The number of carbonyl (C=O) groups is 1. The Balaban J connectivity index is 2.95. The highest BCUT2D eigenvalue weighted by molar-refractivity contribution is 5.62. The average molecular weight is 198 g/mol. The van der Waals surface area contributed by atoms with Crippen LogP contribution in [0.25, 0.3) is 0 Å². The van der Waals surface area contributed by atoms with E-state index in [0.29, 0.717) is 11.5 Å². The van der Waals surface area contributed by atoms with Gasteiger partial charge in [0.25, 0.3) is 0 Å². The van der Waals surface area contributed by atoms with Crippen molar-refractivity contribution in [2.45, 2.75) is 0 Å². The summed E-state index contributed by atoms with van der Waals surface area (Å²) in [4.78, 5) is 10.2. The number of benzene rings is 1. The van der Waals surface area contributed by atoms with Crippen LogP contribution < -0.4 is 14.2 Å². The Morgan fingerprint density at radius 1 is 1.21 bits per heavy atom. The zero-order chi connectivity index (χ0) is 10.6. The molecule has 0 saturated carbocycles. The van der Waals surface area contributed by atoms with E-state index in [2.05, 4.69) is 4.74 Å². The summed E-state index contributed by atoms with van der Waals surface area (Å²) in [7, 11) is 2.96. The van der Waals surface area contributed by atoms with Crippen LogP contribution in [0.1, 0.15) is 0 Å². The quantitative estimate of drug-likeness (QED) is 0.592. The summed E-state index contributed by atoms with van der Waals surface area (Å²) in [5.41, 5.74) is 0. The van der Waals surface area contributed by atoms with Crippen LogP contribution in [0, 0.1) is 0 Å². The molecule has 0 saturated heterocycles. The number of carboxylic acid groups (broad SMARTS) is 1. The van der Waals surface area contributed by atoms with Crippen LogP contribution in [0.15, 0.2) is 18.2 Å². The van der Waals surface area contributed by atoms with Gasteiger partial charge < -0.3 is 19.3 Å². The Bertz CT molecular complexity index is 334. The molecule has 0 radical (unpaired) electrons. The molecule has 0 heterocycles. The SMILES string of the molecule is COc1ccc(OC(=O)O)cc1OC. The number of hydrogen-bond acceptors (Lipinski definition) is 4. The number of methoxy groups -OCH3 is 2. The molecule has 0 unspecified atom stereocenters. The summed E-state index contributed by atoms with van der Waals surface area (Å²) in [5, 5.41) is 8.36. The molecule has 0 bridgehead atoms. The van der Waals surface area contributed by atoms with E-state index in [4.69, 9.17) is 14.6 Å². The Labute approximate surface area is 80.8 Å². The van der Waals surface area contributed by atoms with Gasteiger partial charge in [-0.2, -0.15) is 0 Å². The van der Waals surface area contributed by atoms with Crippen LogP contribution in [0.4, 0.5) is 4.79 Å². The first-order chi connectivity index (χ1) is 6.67. The number of hydrogen-bond donors (Lipinski definition) is 1. The lowest BCUT2D eigenvalue weighted by molar-refractivity contribution is 0.144. The summed E-state index contributed by atoms with van der Waals surface area (Å²) in [5.74, 6) is 1.13. The molecule has 0 aliphatic heterocycles. The standard InChI is InChI=1S/C9H10O5/c1-12-7-4-3-6(14-9(10)11)5-8(7)13-2/h3-5H,1-2H3,(H,10,11). The van der Waals surface area contributed by atoms with Crippen molar-refractivity contribution in [2.24, 2.45) is 0 Å². The van der Waals surface area contributed by atoms with Gasteiger partial charge in [-0.25, -0.2) is 4.79 Å². The zero-order valence-electron chi connectivity index (χ0n) is 7.81. The first-order valence-corrected chi connectivity index (χ1v) is 3.80. The average Bonchev–Trinajstić information content (AvgIpc) is 2.16. The fourth-order valence-electron chi connectivity index (χ4n) is 0.981. The highest BCUT2D eigenvalue weighted by atomic mass is 16.7. The topological polar surface area (TPSA) is 65.0 Å². The van der Waals surface area contributed by atoms with E-state index in [1.807, 2.05) is 0 Å². The molecular formula is C9H10O5. The minimum atomic E-state index is -1.36. The van der Waals surface area contributed by atoms with Crippen molar-refractivity contribution in [1.29, 1.82) is 0 Å². The fourth-order valence-corrected chi connectivity index (χ4v) is 0.981. The largest absolute Gasteiger partial charge is 0.511 e. The normalized spacial score (nSPS) is 9.29. The Morgan fingerprint density at radius 3 is 2.36 bits per heavy atom. The molecule has 1 N–H and O–H groups in total. The molecule has 0 amide bonds. The van der Waals surface area contributed by atoms with E-state index in [0.717, 1.165) is 0 Å². The van der Waals surface area contributed by atoms with Gasteiger partial charge in [0.15, 0.2) is 11.5 Å². The van der Waals surface area contributed by atoms with Gasteiger partial charge in [-0.1, -0.05) is 0 Å². The third-order valence-corrected chi connectivity index (χ3v) is 1.56. The monoisotopic (exact) mass is 198 g/mol. The molecule has 1 rings (SSSR count). The molecule has 5 heteroatoms. The summed E-state index contributed by atoms with van der Waals surface area (Å²) in [6.07, 6.45) is -1.36. The molecule has 1 aromatic rings. The van der Waals surface area contributed by atoms with E-state index >= 15 is 0 Å². The predicted molar refractivity (Wildman–Crippen MR) is 48.2 cm³/mol. The van der Waals surface area contributed by atoms with Gasteiger partial charge in [-0.3, -0.25) is 0 Å². The first-order valence-electron chi connectivity index (χ1n) is 3.80. The van der Waals surface area contributed by atoms with Crippen molar-refractivity contribution < 1.29 is 24.1 Å². The van der Waals surface area contributed by atoms with Crippen molar-refractivity contribution in [1.82, 2.24) is 0 Å². The maximum atomic E-state index is 10.2. The molecule has 0 aromatic heterocycles. The highest BCUT2D eigenvalue weighted by Crippen LogP contribution is 2.30. The van der Waals surface area contributed by atoms with Gasteiger partial charge >= 0.3 is 6.16 Å². The molecule has 0 aliphatic carbocycles. The smallest absolute Gasteiger partial charge is 0.493 e. The zero-order valence-corrected chi connectivity index (χ0v) is 7.81. The Morgan fingerprint density at radius 2 is 1.86 bits per heavy atom. The minimum absolute atomic E-state index is 0.190. The minimum Gasteiger partial charge on any atom is -0.493 e. The second-order valence-electron chi connectivity index (χ2n) is 2.38. The van der Waals surface area contributed by atoms with E-state index in [1.54, 1.807) is 6.07 Å². The summed E-state index contributed by atoms with van der Waals surface area (Å²) < 4.78 is 14.4. The summed E-state index contributed by atoms with van der Waals surface area (Å²) >= 11 is 0. The van der Waals surface area contributed by atoms with Gasteiger partial charge in [0, 0.05) is 6.07 Å². The third kappa shape index (κ3) is 2.29. The van der Waals surface area contributed by atoms with Crippen molar-refractivity contribution in [3.05, 3.63) is 18.2 Å². The third-order valence-electron chi connectivity index (χ3n) is 1.56. The lowest BCUT2D eigenvalue weighted by Gasteiger charge is -2.08. The van der Waals surface area contributed by atoms with Crippen molar-refractivity contribution >= 4 is 6.16 Å². The second-order valence-corrected chi connectivity index (χ2v) is 2.38. The Hall–Kier alpha value is -1.91. The highest BCUT2D eigenvalue weighted by Gasteiger charge is 2.07. The molecule has 0 atom stereocenters. The van der Waals surface area contributed by atoms with E-state index in [-0.39, 0.29) is 5.75 Å². The molecule has 14 heavy (non-hydrogen) atoms. The van der Waals surface area contributed by atoms with Crippen LogP contribution in [0.2, 0.25) is 0 Å². The van der Waals surface area contributed by atoms with Gasteiger partial charge in [0.05, 0.1) is 14.2 Å². The van der Waals surface area contributed by atoms with E-state index in [9.17, 15) is 4.79 Å². The van der Waals surface area contributed by atoms with Gasteiger partial charge in [-0.15, -0.1) is 0 Å². The van der Waals surface area contributed by atoms with Crippen LogP contribution in [0.3, 0.4) is 0 Å². The van der Waals surface area contributed by atoms with Gasteiger partial charge in [0.1, 0.15) is 5.75 Å². The van der Waals surface area contributed by atoms with Crippen molar-refractivity contribution in [3.8, 4) is 17.2 Å². The predicted octanol–water partition coefficient (Wildman–Crippen LogP) is 1.76. The first kappa shape index (κ1) is 10.2. The van der Waals surface area contributed by atoms with Crippen LogP contribution in [-0.2, 0) is 0 Å². The second kappa shape index (κ2) is 4.36. The molecule has 5 nitrogen and oxygen atoms in total. The summed E-state index contributed by atoms with van der Waals surface area (Å²) in [6, 6.07) is 4.49. The molecule has 0 spiro atoms. The number of ether oxygens (including phenoxy) is 3. The summed E-state index contributed by atoms with van der Waals surface area (Å²) in [6.45, 7) is 0. The molecule has 0 aliphatic rings. The van der Waals surface area contributed by atoms with Gasteiger partial charge in [0.2, 0.25) is 0 Å². The van der Waals surface area contributed by atoms with Crippen LogP contribution >= 0.6 is 0 Å². The van der Waals surface area contributed by atoms with Gasteiger partial charge in [-0.05, 0) is 12.1 Å². The van der Waals surface area contributed by atoms with Crippen LogP contribution in [-0.4, -0.2) is 25.5 Å². The Kier molecular flexibility index (Phi) is 3.17.